The number of likely N-dealkylation sites (N-methyl/N-ethyl adjacent to an activating group) is 1. The van der Waals surface area contributed by atoms with Crippen LogP contribution in [0.2, 0.25) is 0 Å². The van der Waals surface area contributed by atoms with Crippen LogP contribution in [0.15, 0.2) is 18.2 Å². The molecule has 6 nitrogen and oxygen atoms in total. The van der Waals surface area contributed by atoms with Gasteiger partial charge in [-0.1, -0.05) is 129 Å². The van der Waals surface area contributed by atoms with Crippen LogP contribution in [0.4, 0.5) is 17.1 Å². The van der Waals surface area contributed by atoms with E-state index in [9.17, 15) is 9.90 Å². The summed E-state index contributed by atoms with van der Waals surface area (Å²) in [6.07, 6.45) is 28.0. The zero-order valence-electron chi connectivity index (χ0n) is 28.9. The Morgan fingerprint density at radius 1 is 0.535 bits per heavy atom. The van der Waals surface area contributed by atoms with Crippen molar-refractivity contribution < 1.29 is 14.4 Å². The molecular formula is C37H70N4O2. The fourth-order valence-corrected chi connectivity index (χ4v) is 5.79. The molecule has 1 aromatic rings. The fourth-order valence-electron chi connectivity index (χ4n) is 5.79. The van der Waals surface area contributed by atoms with Crippen molar-refractivity contribution in [2.45, 2.75) is 149 Å². The van der Waals surface area contributed by atoms with Gasteiger partial charge in [0, 0.05) is 43.1 Å². The molecule has 250 valence electrons. The van der Waals surface area contributed by atoms with E-state index in [4.69, 9.17) is 0 Å². The van der Waals surface area contributed by atoms with E-state index in [-0.39, 0.29) is 6.54 Å². The van der Waals surface area contributed by atoms with Gasteiger partial charge in [0.05, 0.1) is 26.6 Å². The van der Waals surface area contributed by atoms with Crippen molar-refractivity contribution in [1.82, 2.24) is 0 Å². The lowest BCUT2D eigenvalue weighted by atomic mass is 10.1. The Morgan fingerprint density at radius 2 is 0.837 bits per heavy atom. The first-order valence-electron chi connectivity index (χ1n) is 18.2. The van der Waals surface area contributed by atoms with Crippen LogP contribution in [-0.2, 0) is 4.79 Å². The van der Waals surface area contributed by atoms with Crippen LogP contribution in [0.25, 0.3) is 0 Å². The number of quaternary nitrogens is 1. The molecule has 1 aromatic carbocycles. The maximum Gasteiger partial charge on any atom is 0.119 e. The number of benzene rings is 1. The first kappa shape index (κ1) is 39.1. The lowest BCUT2D eigenvalue weighted by molar-refractivity contribution is -0.884. The Morgan fingerprint density at radius 3 is 1.16 bits per heavy atom. The summed E-state index contributed by atoms with van der Waals surface area (Å²) in [5.74, 6) is -0.989. The van der Waals surface area contributed by atoms with Crippen molar-refractivity contribution >= 4 is 23.0 Å². The van der Waals surface area contributed by atoms with Gasteiger partial charge in [-0.15, -0.1) is 0 Å². The number of carbonyl (C=O) groups excluding carboxylic acids is 1. The smallest absolute Gasteiger partial charge is 0.119 e. The number of unbranched alkanes of at least 4 members (excludes halogenated alkanes) is 18. The van der Waals surface area contributed by atoms with E-state index in [1.165, 1.54) is 140 Å². The molecule has 3 N–H and O–H groups in total. The van der Waals surface area contributed by atoms with E-state index < -0.39 is 5.97 Å². The highest BCUT2D eigenvalue weighted by atomic mass is 16.4. The third-order valence-electron chi connectivity index (χ3n) is 8.48. The minimum Gasteiger partial charge on any atom is -0.544 e. The number of carbonyl (C=O) groups is 1. The van der Waals surface area contributed by atoms with Crippen LogP contribution in [0.3, 0.4) is 0 Å². The maximum absolute atomic E-state index is 11.0. The summed E-state index contributed by atoms with van der Waals surface area (Å²) in [6, 6.07) is 6.67. The SMILES string of the molecule is CCCCCCCCCCCCNc1cc(NCCCCCCCCCCCC)cc(NCCC[N+](C)(C)CC(=O)[O-])c1. The Kier molecular flexibility index (Phi) is 24.0. The van der Waals surface area contributed by atoms with E-state index in [0.29, 0.717) is 4.48 Å². The van der Waals surface area contributed by atoms with Crippen molar-refractivity contribution in [1.29, 1.82) is 0 Å². The van der Waals surface area contributed by atoms with Gasteiger partial charge in [0.15, 0.2) is 0 Å². The summed E-state index contributed by atoms with van der Waals surface area (Å²) >= 11 is 0. The lowest BCUT2D eigenvalue weighted by Crippen LogP contribution is -2.49. The second-order valence-corrected chi connectivity index (χ2v) is 13.5. The highest BCUT2D eigenvalue weighted by Crippen LogP contribution is 2.24. The zero-order valence-corrected chi connectivity index (χ0v) is 28.9. The second-order valence-electron chi connectivity index (χ2n) is 13.5. The van der Waals surface area contributed by atoms with Crippen molar-refractivity contribution in [2.24, 2.45) is 0 Å². The standard InChI is InChI=1S/C37H70N4O2/c1-5-7-9-11-13-15-17-19-21-23-26-38-34-30-35(39-27-24-22-20-18-16-14-12-10-8-6-2)32-36(31-34)40-28-25-29-41(3,4)33-37(42)43/h30-32,38-40H,5-29,33H2,1-4H3. The monoisotopic (exact) mass is 603 g/mol. The number of carboxylic acids is 1. The van der Waals surface area contributed by atoms with E-state index >= 15 is 0 Å². The highest BCUT2D eigenvalue weighted by molar-refractivity contribution is 5.67. The number of anilines is 3. The largest absolute Gasteiger partial charge is 0.544 e. The van der Waals surface area contributed by atoms with Gasteiger partial charge in [-0.3, -0.25) is 0 Å². The van der Waals surface area contributed by atoms with Gasteiger partial charge in [-0.2, -0.15) is 0 Å². The summed E-state index contributed by atoms with van der Waals surface area (Å²) in [5.41, 5.74) is 3.45. The number of rotatable bonds is 31. The Bertz CT molecular complexity index is 755. The summed E-state index contributed by atoms with van der Waals surface area (Å²) in [5, 5.41) is 22.0. The van der Waals surface area contributed by atoms with Crippen molar-refractivity contribution in [3.05, 3.63) is 18.2 Å². The third kappa shape index (κ3) is 24.1. The summed E-state index contributed by atoms with van der Waals surface area (Å²) in [6.45, 7) is 8.23. The first-order valence-corrected chi connectivity index (χ1v) is 18.2. The van der Waals surface area contributed by atoms with Gasteiger partial charge in [0.1, 0.15) is 6.54 Å². The molecule has 0 saturated heterocycles. The number of aliphatic carboxylic acids is 1. The van der Waals surface area contributed by atoms with E-state index in [1.54, 1.807) is 0 Å². The van der Waals surface area contributed by atoms with Crippen molar-refractivity contribution in [3.63, 3.8) is 0 Å². The molecule has 0 aliphatic heterocycles. The van der Waals surface area contributed by atoms with Gasteiger partial charge >= 0.3 is 0 Å². The molecule has 0 amide bonds. The van der Waals surface area contributed by atoms with E-state index in [1.807, 2.05) is 14.1 Å². The Labute approximate surface area is 266 Å². The minimum absolute atomic E-state index is 0.0470. The van der Waals surface area contributed by atoms with Crippen LogP contribution in [0.5, 0.6) is 0 Å². The zero-order chi connectivity index (χ0) is 31.4. The molecule has 0 bridgehead atoms. The summed E-state index contributed by atoms with van der Waals surface area (Å²) in [7, 11) is 3.90. The minimum atomic E-state index is -0.989. The summed E-state index contributed by atoms with van der Waals surface area (Å²) in [4.78, 5) is 11.0. The maximum atomic E-state index is 11.0. The molecule has 6 heteroatoms. The molecule has 0 radical (unpaired) electrons. The van der Waals surface area contributed by atoms with Gasteiger partial charge in [0.2, 0.25) is 0 Å². The molecule has 0 unspecified atom stereocenters. The highest BCUT2D eigenvalue weighted by Gasteiger charge is 2.14. The molecule has 1 rings (SSSR count). The molecule has 0 spiro atoms. The average molecular weight is 603 g/mol. The fraction of sp³-hybridized carbons (Fsp3) is 0.811. The summed E-state index contributed by atoms with van der Waals surface area (Å²) < 4.78 is 0.441. The van der Waals surface area contributed by atoms with Crippen LogP contribution in [-0.4, -0.2) is 57.3 Å². The number of hydrogen-bond donors (Lipinski definition) is 3. The molecular weight excluding hydrogens is 532 g/mol. The van der Waals surface area contributed by atoms with Crippen LogP contribution in [0.1, 0.15) is 149 Å². The second kappa shape index (κ2) is 26.5. The van der Waals surface area contributed by atoms with Crippen LogP contribution < -0.4 is 21.1 Å². The quantitative estimate of drug-likeness (QED) is 0.0584. The molecule has 0 atom stereocenters. The number of nitrogens with zero attached hydrogens (tertiary/aromatic N) is 1. The van der Waals surface area contributed by atoms with Gasteiger partial charge in [0.25, 0.3) is 0 Å². The van der Waals surface area contributed by atoms with Crippen LogP contribution >= 0.6 is 0 Å². The van der Waals surface area contributed by atoms with Crippen LogP contribution in [0, 0.1) is 0 Å². The molecule has 0 heterocycles. The first-order chi connectivity index (χ1) is 20.9. The normalized spacial score (nSPS) is 11.5. The Balaban J connectivity index is 2.44. The van der Waals surface area contributed by atoms with Gasteiger partial charge < -0.3 is 30.3 Å². The molecule has 0 aliphatic carbocycles. The number of carboxylic acid groups (broad SMARTS) is 1. The average Bonchev–Trinajstić information content (AvgIpc) is 2.96. The van der Waals surface area contributed by atoms with Crippen molar-refractivity contribution in [3.8, 4) is 0 Å². The predicted octanol–water partition coefficient (Wildman–Crippen LogP) is 8.98. The van der Waals surface area contributed by atoms with Gasteiger partial charge in [-0.05, 0) is 31.0 Å². The molecule has 0 fully saturated rings. The predicted molar refractivity (Wildman–Crippen MR) is 187 cm³/mol. The number of nitrogens with one attached hydrogen (secondary N) is 3. The number of hydrogen-bond acceptors (Lipinski definition) is 5. The van der Waals surface area contributed by atoms with Gasteiger partial charge in [-0.25, -0.2) is 0 Å². The molecule has 0 aromatic heterocycles. The molecule has 43 heavy (non-hydrogen) atoms. The lowest BCUT2D eigenvalue weighted by Gasteiger charge is -2.30. The van der Waals surface area contributed by atoms with Crippen molar-refractivity contribution in [2.75, 3.05) is 62.8 Å². The topological polar surface area (TPSA) is 76.2 Å². The van der Waals surface area contributed by atoms with E-state index in [0.717, 1.165) is 38.3 Å². The molecule has 0 aliphatic rings. The third-order valence-corrected chi connectivity index (χ3v) is 8.48. The Hall–Kier alpha value is -1.95. The molecule has 0 saturated carbocycles. The van der Waals surface area contributed by atoms with E-state index in [2.05, 4.69) is 48.0 Å².